The highest BCUT2D eigenvalue weighted by Gasteiger charge is 2.23. The van der Waals surface area contributed by atoms with Gasteiger partial charge in [0.05, 0.1) is 5.69 Å². The lowest BCUT2D eigenvalue weighted by molar-refractivity contribution is 0.0946. The van der Waals surface area contributed by atoms with Gasteiger partial charge < -0.3 is 15.1 Å². The highest BCUT2D eigenvalue weighted by molar-refractivity contribution is 6.07. The van der Waals surface area contributed by atoms with Gasteiger partial charge in [0.2, 0.25) is 0 Å². The minimum atomic E-state index is -0.371. The van der Waals surface area contributed by atoms with Gasteiger partial charge in [-0.2, -0.15) is 0 Å². The molecule has 0 atom stereocenters. The number of nitrogens with one attached hydrogen (secondary N) is 1. The average molecular weight is 460 g/mol. The molecule has 0 bridgehead atoms. The smallest absolute Gasteiger partial charge is 0.272 e. The van der Waals surface area contributed by atoms with Gasteiger partial charge in [0.25, 0.3) is 5.91 Å². The fourth-order valence-electron chi connectivity index (χ4n) is 4.27. The van der Waals surface area contributed by atoms with Crippen LogP contribution in [0.15, 0.2) is 72.8 Å². The predicted octanol–water partition coefficient (Wildman–Crippen LogP) is 4.16. The number of piperazine rings is 1. The Morgan fingerprint density at radius 1 is 0.824 bits per heavy atom. The Kier molecular flexibility index (Phi) is 6.03. The summed E-state index contributed by atoms with van der Waals surface area (Å²) in [4.78, 5) is 17.0. The minimum absolute atomic E-state index is 0.187. The molecule has 6 nitrogen and oxygen atoms in total. The van der Waals surface area contributed by atoms with Crippen LogP contribution < -0.4 is 15.1 Å². The third kappa shape index (κ3) is 4.39. The van der Waals surface area contributed by atoms with Crippen LogP contribution in [0.5, 0.6) is 0 Å². The third-order valence-corrected chi connectivity index (χ3v) is 6.00. The van der Waals surface area contributed by atoms with Gasteiger partial charge in [-0.1, -0.05) is 48.5 Å². The Hall–Kier alpha value is -4.07. The van der Waals surface area contributed by atoms with Crippen molar-refractivity contribution in [2.75, 3.05) is 36.0 Å². The monoisotopic (exact) mass is 459 g/mol. The number of aromatic nitrogens is 2. The van der Waals surface area contributed by atoms with E-state index in [1.165, 1.54) is 18.2 Å². The summed E-state index contributed by atoms with van der Waals surface area (Å²) < 4.78 is 27.6. The molecule has 5 rings (SSSR count). The van der Waals surface area contributed by atoms with E-state index >= 15 is 0 Å². The summed E-state index contributed by atoms with van der Waals surface area (Å²) in [6.07, 6.45) is 0. The number of carbonyl (C=O) groups excluding carboxylic acids is 1. The molecular weight excluding hydrogens is 436 g/mol. The van der Waals surface area contributed by atoms with Crippen molar-refractivity contribution >= 4 is 28.2 Å². The highest BCUT2D eigenvalue weighted by Crippen LogP contribution is 2.28. The molecule has 0 aliphatic carbocycles. The zero-order chi connectivity index (χ0) is 23.5. The van der Waals surface area contributed by atoms with Crippen molar-refractivity contribution in [3.8, 4) is 0 Å². The Bertz CT molecular complexity index is 1340. The number of nitrogens with zero attached hydrogens (tertiary/aromatic N) is 4. The number of fused-ring (bicyclic) bond motifs is 1. The number of amides is 1. The number of anilines is 2. The summed E-state index contributed by atoms with van der Waals surface area (Å²) in [6, 6.07) is 20.4. The van der Waals surface area contributed by atoms with E-state index in [4.69, 9.17) is 0 Å². The maximum absolute atomic E-state index is 14.2. The van der Waals surface area contributed by atoms with Crippen LogP contribution in [-0.4, -0.2) is 42.3 Å². The van der Waals surface area contributed by atoms with Gasteiger partial charge in [0.15, 0.2) is 11.5 Å². The normalized spacial score (nSPS) is 13.8. The molecular formula is C26H23F2N5O. The number of halogens is 2. The minimum Gasteiger partial charge on any atom is -0.366 e. The van der Waals surface area contributed by atoms with E-state index in [1.54, 1.807) is 24.3 Å². The molecule has 0 unspecified atom stereocenters. The molecule has 4 aromatic rings. The number of hydrogen-bond acceptors (Lipinski definition) is 5. The Balaban J connectivity index is 1.34. The number of hydrogen-bond donors (Lipinski definition) is 1. The Labute approximate surface area is 195 Å². The lowest BCUT2D eigenvalue weighted by Crippen LogP contribution is -2.47. The second kappa shape index (κ2) is 9.43. The summed E-state index contributed by atoms with van der Waals surface area (Å²) >= 11 is 0. The maximum atomic E-state index is 14.2. The van der Waals surface area contributed by atoms with Gasteiger partial charge in [-0.05, 0) is 29.8 Å². The molecule has 3 aromatic carbocycles. The van der Waals surface area contributed by atoms with Crippen LogP contribution >= 0.6 is 0 Å². The summed E-state index contributed by atoms with van der Waals surface area (Å²) in [5.41, 5.74) is 1.49. The van der Waals surface area contributed by atoms with Crippen molar-refractivity contribution in [1.82, 2.24) is 15.5 Å². The van der Waals surface area contributed by atoms with E-state index in [9.17, 15) is 13.6 Å². The quantitative estimate of drug-likeness (QED) is 0.486. The largest absolute Gasteiger partial charge is 0.366 e. The standard InChI is InChI=1S/C26H23F2N5O/c27-19-7-5-6-18(16-19)17-29-26(34)24-20-8-1-2-9-21(20)25(31-30-24)33-14-12-32(13-15-33)23-11-4-3-10-22(23)28/h1-11,16H,12-15,17H2,(H,29,34). The second-order valence-corrected chi connectivity index (χ2v) is 8.16. The molecule has 1 aromatic heterocycles. The summed E-state index contributed by atoms with van der Waals surface area (Å²) in [5.74, 6) is -0.249. The lowest BCUT2D eigenvalue weighted by Gasteiger charge is -2.37. The van der Waals surface area contributed by atoms with Gasteiger partial charge in [-0.3, -0.25) is 4.79 Å². The molecule has 8 heteroatoms. The molecule has 1 fully saturated rings. The van der Waals surface area contributed by atoms with Crippen molar-refractivity contribution in [3.05, 3.63) is 95.7 Å². The number of carbonyl (C=O) groups is 1. The van der Waals surface area contributed by atoms with Gasteiger partial charge in [0.1, 0.15) is 11.6 Å². The Morgan fingerprint density at radius 2 is 1.53 bits per heavy atom. The number of benzene rings is 3. The summed E-state index contributed by atoms with van der Waals surface area (Å²) in [7, 11) is 0. The van der Waals surface area contributed by atoms with Crippen LogP contribution in [0.1, 0.15) is 16.1 Å². The molecule has 172 valence electrons. The van der Waals surface area contributed by atoms with Crippen molar-refractivity contribution in [2.45, 2.75) is 6.54 Å². The average Bonchev–Trinajstić information content (AvgIpc) is 2.87. The SMILES string of the molecule is O=C(NCc1cccc(F)c1)c1nnc(N2CCN(c3ccccc3F)CC2)c2ccccc12. The van der Waals surface area contributed by atoms with Gasteiger partial charge in [-0.15, -0.1) is 10.2 Å². The van der Waals surface area contributed by atoms with Crippen LogP contribution in [0, 0.1) is 11.6 Å². The Morgan fingerprint density at radius 3 is 2.29 bits per heavy atom. The van der Waals surface area contributed by atoms with E-state index in [-0.39, 0.29) is 29.8 Å². The van der Waals surface area contributed by atoms with Crippen LogP contribution in [0.4, 0.5) is 20.3 Å². The molecule has 0 saturated carbocycles. The molecule has 1 aliphatic heterocycles. The molecule has 0 spiro atoms. The molecule has 1 amide bonds. The maximum Gasteiger partial charge on any atom is 0.272 e. The van der Waals surface area contributed by atoms with Crippen LogP contribution in [0.2, 0.25) is 0 Å². The van der Waals surface area contributed by atoms with E-state index in [0.29, 0.717) is 48.6 Å². The molecule has 0 radical (unpaired) electrons. The fourth-order valence-corrected chi connectivity index (χ4v) is 4.27. The topological polar surface area (TPSA) is 61.4 Å². The van der Waals surface area contributed by atoms with Crippen molar-refractivity contribution in [3.63, 3.8) is 0 Å². The summed E-state index contributed by atoms with van der Waals surface area (Å²) in [5, 5.41) is 13.0. The van der Waals surface area contributed by atoms with Gasteiger partial charge >= 0.3 is 0 Å². The first-order chi connectivity index (χ1) is 16.6. The van der Waals surface area contributed by atoms with E-state index in [2.05, 4.69) is 20.4 Å². The number of rotatable bonds is 5. The van der Waals surface area contributed by atoms with E-state index in [1.807, 2.05) is 35.2 Å². The van der Waals surface area contributed by atoms with Gasteiger partial charge in [0, 0.05) is 43.5 Å². The molecule has 2 heterocycles. The molecule has 1 aliphatic rings. The number of para-hydroxylation sites is 1. The second-order valence-electron chi connectivity index (χ2n) is 8.16. The first-order valence-corrected chi connectivity index (χ1v) is 11.1. The zero-order valence-corrected chi connectivity index (χ0v) is 18.4. The first-order valence-electron chi connectivity index (χ1n) is 11.1. The zero-order valence-electron chi connectivity index (χ0n) is 18.4. The van der Waals surface area contributed by atoms with Crippen molar-refractivity contribution < 1.29 is 13.6 Å². The third-order valence-electron chi connectivity index (χ3n) is 6.00. The van der Waals surface area contributed by atoms with E-state index < -0.39 is 0 Å². The van der Waals surface area contributed by atoms with E-state index in [0.717, 1.165) is 5.39 Å². The molecule has 1 saturated heterocycles. The lowest BCUT2D eigenvalue weighted by atomic mass is 10.1. The van der Waals surface area contributed by atoms with Crippen molar-refractivity contribution in [2.24, 2.45) is 0 Å². The highest BCUT2D eigenvalue weighted by atomic mass is 19.1. The molecule has 1 N–H and O–H groups in total. The fraction of sp³-hybridized carbons (Fsp3) is 0.192. The summed E-state index contributed by atoms with van der Waals surface area (Å²) in [6.45, 7) is 2.78. The van der Waals surface area contributed by atoms with Crippen LogP contribution in [0.25, 0.3) is 10.8 Å². The van der Waals surface area contributed by atoms with Crippen molar-refractivity contribution in [1.29, 1.82) is 0 Å². The van der Waals surface area contributed by atoms with Gasteiger partial charge in [-0.25, -0.2) is 8.78 Å². The first kappa shape index (κ1) is 21.8. The van der Waals surface area contributed by atoms with Crippen LogP contribution in [0.3, 0.4) is 0 Å². The van der Waals surface area contributed by atoms with Crippen LogP contribution in [-0.2, 0) is 6.54 Å². The predicted molar refractivity (Wildman–Crippen MR) is 128 cm³/mol. The molecule has 34 heavy (non-hydrogen) atoms.